The van der Waals surface area contributed by atoms with E-state index in [1.807, 2.05) is 12.1 Å². The number of para-hydroxylation sites is 1. The van der Waals surface area contributed by atoms with Gasteiger partial charge in [-0.05, 0) is 37.5 Å². The molecule has 1 aliphatic carbocycles. The molecule has 2 amide bonds. The van der Waals surface area contributed by atoms with E-state index >= 15 is 0 Å². The number of rotatable bonds is 4. The predicted molar refractivity (Wildman–Crippen MR) is 90.6 cm³/mol. The number of benzene rings is 2. The van der Waals surface area contributed by atoms with Crippen molar-refractivity contribution >= 4 is 23.3 Å². The first-order valence-corrected chi connectivity index (χ1v) is 7.83. The molecule has 114 valence electrons. The van der Waals surface area contributed by atoms with Crippen molar-refractivity contribution < 1.29 is 4.79 Å². The highest BCUT2D eigenvalue weighted by Crippen LogP contribution is 2.47. The van der Waals surface area contributed by atoms with E-state index in [4.69, 9.17) is 11.6 Å². The molecule has 0 radical (unpaired) electrons. The summed E-state index contributed by atoms with van der Waals surface area (Å²) in [5.41, 5.74) is 3.29. The van der Waals surface area contributed by atoms with Crippen molar-refractivity contribution in [3.05, 3.63) is 64.7 Å². The van der Waals surface area contributed by atoms with E-state index < -0.39 is 0 Å². The summed E-state index contributed by atoms with van der Waals surface area (Å²) in [6.45, 7) is 2.73. The number of anilines is 1. The number of carbonyl (C=O) groups excluding carboxylic acids is 1. The number of halogens is 1. The fraction of sp³-hybridized carbons (Fsp3) is 0.278. The maximum Gasteiger partial charge on any atom is 0.319 e. The van der Waals surface area contributed by atoms with Crippen LogP contribution in [-0.2, 0) is 5.41 Å². The molecule has 0 unspecified atom stereocenters. The van der Waals surface area contributed by atoms with Gasteiger partial charge in [0, 0.05) is 12.0 Å². The Bertz CT molecular complexity index is 678. The number of aryl methyl sites for hydroxylation is 1. The van der Waals surface area contributed by atoms with Crippen molar-refractivity contribution in [2.75, 3.05) is 11.9 Å². The lowest BCUT2D eigenvalue weighted by Gasteiger charge is -2.17. The standard InChI is InChI=1S/C18H19ClN2O/c1-13-6-8-14(9-7-13)18(10-11-18)12-20-17(22)21-16-5-3-2-4-15(16)19/h2-9H,10-12H2,1H3,(H2,20,21,22). The van der Waals surface area contributed by atoms with Crippen LogP contribution in [0.2, 0.25) is 5.02 Å². The Labute approximate surface area is 135 Å². The summed E-state index contributed by atoms with van der Waals surface area (Å²) in [7, 11) is 0. The summed E-state index contributed by atoms with van der Waals surface area (Å²) in [5, 5.41) is 6.29. The van der Waals surface area contributed by atoms with Crippen molar-refractivity contribution in [2.24, 2.45) is 0 Å². The van der Waals surface area contributed by atoms with Gasteiger partial charge < -0.3 is 10.6 Å². The van der Waals surface area contributed by atoms with Gasteiger partial charge >= 0.3 is 6.03 Å². The lowest BCUT2D eigenvalue weighted by Crippen LogP contribution is -2.35. The SMILES string of the molecule is Cc1ccc(C2(CNC(=O)Nc3ccccc3Cl)CC2)cc1. The van der Waals surface area contributed by atoms with Gasteiger partial charge in [-0.3, -0.25) is 0 Å². The summed E-state index contributed by atoms with van der Waals surface area (Å²) in [6.07, 6.45) is 2.23. The number of hydrogen-bond acceptors (Lipinski definition) is 1. The molecule has 0 heterocycles. The fourth-order valence-electron chi connectivity index (χ4n) is 2.60. The average molecular weight is 315 g/mol. The first kappa shape index (κ1) is 14.9. The van der Waals surface area contributed by atoms with Crippen molar-refractivity contribution in [3.63, 3.8) is 0 Å². The molecule has 1 fully saturated rings. The lowest BCUT2D eigenvalue weighted by molar-refractivity contribution is 0.251. The second-order valence-electron chi connectivity index (χ2n) is 5.93. The maximum absolute atomic E-state index is 12.0. The van der Waals surface area contributed by atoms with Crippen LogP contribution in [0.15, 0.2) is 48.5 Å². The van der Waals surface area contributed by atoms with Crippen molar-refractivity contribution in [1.29, 1.82) is 0 Å². The van der Waals surface area contributed by atoms with E-state index in [1.54, 1.807) is 12.1 Å². The topological polar surface area (TPSA) is 41.1 Å². The summed E-state index contributed by atoms with van der Waals surface area (Å²) >= 11 is 6.04. The number of carbonyl (C=O) groups is 1. The third kappa shape index (κ3) is 3.25. The van der Waals surface area contributed by atoms with Gasteiger partial charge in [0.15, 0.2) is 0 Å². The zero-order valence-corrected chi connectivity index (χ0v) is 13.3. The zero-order chi connectivity index (χ0) is 15.6. The largest absolute Gasteiger partial charge is 0.337 e. The molecule has 0 aromatic heterocycles. The van der Waals surface area contributed by atoms with Gasteiger partial charge in [-0.15, -0.1) is 0 Å². The smallest absolute Gasteiger partial charge is 0.319 e. The Morgan fingerprint density at radius 2 is 1.82 bits per heavy atom. The van der Waals surface area contributed by atoms with Gasteiger partial charge in [0.1, 0.15) is 0 Å². The van der Waals surface area contributed by atoms with Crippen LogP contribution in [0.1, 0.15) is 24.0 Å². The Morgan fingerprint density at radius 3 is 2.45 bits per heavy atom. The number of hydrogen-bond donors (Lipinski definition) is 2. The van der Waals surface area contributed by atoms with Crippen LogP contribution in [0.3, 0.4) is 0 Å². The van der Waals surface area contributed by atoms with Gasteiger partial charge in [-0.2, -0.15) is 0 Å². The van der Waals surface area contributed by atoms with Gasteiger partial charge in [0.05, 0.1) is 10.7 Å². The number of amides is 2. The molecular weight excluding hydrogens is 296 g/mol. The van der Waals surface area contributed by atoms with Crippen LogP contribution in [0, 0.1) is 6.92 Å². The second-order valence-corrected chi connectivity index (χ2v) is 6.34. The van der Waals surface area contributed by atoms with Crippen molar-refractivity contribution in [3.8, 4) is 0 Å². The molecule has 0 atom stereocenters. The predicted octanol–water partition coefficient (Wildman–Crippen LogP) is 4.50. The van der Waals surface area contributed by atoms with Gasteiger partial charge in [-0.1, -0.05) is 53.6 Å². The van der Waals surface area contributed by atoms with E-state index in [2.05, 4.69) is 41.8 Å². The lowest BCUT2D eigenvalue weighted by atomic mass is 9.95. The zero-order valence-electron chi connectivity index (χ0n) is 12.5. The first-order chi connectivity index (χ1) is 10.6. The Balaban J connectivity index is 1.59. The van der Waals surface area contributed by atoms with Crippen LogP contribution in [0.5, 0.6) is 0 Å². The second kappa shape index (κ2) is 6.01. The molecule has 0 spiro atoms. The van der Waals surface area contributed by atoms with E-state index in [-0.39, 0.29) is 11.4 Å². The molecular formula is C18H19ClN2O. The summed E-state index contributed by atoms with van der Waals surface area (Å²) in [6, 6.07) is 15.6. The molecule has 3 rings (SSSR count). The Hall–Kier alpha value is -2.00. The minimum atomic E-state index is -0.216. The van der Waals surface area contributed by atoms with E-state index in [0.717, 1.165) is 12.8 Å². The normalized spacial score (nSPS) is 15.2. The summed E-state index contributed by atoms with van der Waals surface area (Å²) < 4.78 is 0. The molecule has 0 aliphatic heterocycles. The highest BCUT2D eigenvalue weighted by atomic mass is 35.5. The Kier molecular flexibility index (Phi) is 4.08. The molecule has 2 aromatic carbocycles. The maximum atomic E-state index is 12.0. The van der Waals surface area contributed by atoms with Crippen LogP contribution >= 0.6 is 11.6 Å². The number of nitrogens with one attached hydrogen (secondary N) is 2. The average Bonchev–Trinajstić information content (AvgIpc) is 3.29. The highest BCUT2D eigenvalue weighted by Gasteiger charge is 2.44. The molecule has 22 heavy (non-hydrogen) atoms. The monoisotopic (exact) mass is 314 g/mol. The highest BCUT2D eigenvalue weighted by molar-refractivity contribution is 6.33. The third-order valence-electron chi connectivity index (χ3n) is 4.23. The quantitative estimate of drug-likeness (QED) is 0.857. The van der Waals surface area contributed by atoms with Crippen molar-refractivity contribution in [2.45, 2.75) is 25.2 Å². The van der Waals surface area contributed by atoms with Gasteiger partial charge in [0.25, 0.3) is 0 Å². The third-order valence-corrected chi connectivity index (χ3v) is 4.56. The molecule has 0 bridgehead atoms. The van der Waals surface area contributed by atoms with Crippen molar-refractivity contribution in [1.82, 2.24) is 5.32 Å². The minimum absolute atomic E-state index is 0.103. The van der Waals surface area contributed by atoms with Gasteiger partial charge in [0.2, 0.25) is 0 Å². The number of urea groups is 1. The molecule has 2 N–H and O–H groups in total. The van der Waals surface area contributed by atoms with E-state index in [0.29, 0.717) is 17.3 Å². The van der Waals surface area contributed by atoms with Crippen LogP contribution in [0.4, 0.5) is 10.5 Å². The van der Waals surface area contributed by atoms with Crippen LogP contribution < -0.4 is 10.6 Å². The minimum Gasteiger partial charge on any atom is -0.337 e. The van der Waals surface area contributed by atoms with Gasteiger partial charge in [-0.25, -0.2) is 4.79 Å². The Morgan fingerprint density at radius 1 is 1.14 bits per heavy atom. The molecule has 2 aromatic rings. The first-order valence-electron chi connectivity index (χ1n) is 7.46. The molecule has 3 nitrogen and oxygen atoms in total. The molecule has 1 aliphatic rings. The van der Waals surface area contributed by atoms with Crippen LogP contribution in [0.25, 0.3) is 0 Å². The summed E-state index contributed by atoms with van der Waals surface area (Å²) in [5.74, 6) is 0. The van der Waals surface area contributed by atoms with E-state index in [9.17, 15) is 4.79 Å². The molecule has 4 heteroatoms. The molecule has 1 saturated carbocycles. The summed E-state index contributed by atoms with van der Waals surface area (Å²) in [4.78, 5) is 12.0. The molecule has 0 saturated heterocycles. The van der Waals surface area contributed by atoms with Crippen LogP contribution in [-0.4, -0.2) is 12.6 Å². The fourth-order valence-corrected chi connectivity index (χ4v) is 2.79. The van der Waals surface area contributed by atoms with E-state index in [1.165, 1.54) is 11.1 Å².